The van der Waals surface area contributed by atoms with Gasteiger partial charge in [-0.2, -0.15) is 5.10 Å². The number of imide groups is 1. The summed E-state index contributed by atoms with van der Waals surface area (Å²) in [4.78, 5) is 31.0. The minimum Gasteiger partial charge on any atom is -0.361 e. The van der Waals surface area contributed by atoms with Crippen LogP contribution in [0.15, 0.2) is 66.9 Å². The van der Waals surface area contributed by atoms with E-state index in [1.54, 1.807) is 31.3 Å². The molecule has 2 aromatic heterocycles. The molecule has 11 heteroatoms. The topological polar surface area (TPSA) is 100 Å². The lowest BCUT2D eigenvalue weighted by atomic mass is 9.83. The summed E-state index contributed by atoms with van der Waals surface area (Å²) in [6.07, 6.45) is 3.04. The average molecular weight is 721 g/mol. The first-order valence-electron chi connectivity index (χ1n) is 18.2. The van der Waals surface area contributed by atoms with Crippen molar-refractivity contribution in [1.82, 2.24) is 25.4 Å². The Hall–Kier alpha value is -5.16. The molecule has 3 unspecified atom stereocenters. The normalized spacial score (nSPS) is 18.2. The molecule has 53 heavy (non-hydrogen) atoms. The molecule has 4 heterocycles. The van der Waals surface area contributed by atoms with Crippen LogP contribution in [0.1, 0.15) is 103 Å². The molecule has 2 saturated heterocycles. The first-order valence-corrected chi connectivity index (χ1v) is 18.2. The first-order chi connectivity index (χ1) is 25.5. The third-order valence-electron chi connectivity index (χ3n) is 10.9. The van der Waals surface area contributed by atoms with Crippen LogP contribution in [-0.2, 0) is 16.1 Å². The van der Waals surface area contributed by atoms with Crippen LogP contribution in [0.25, 0.3) is 22.0 Å². The molecule has 0 saturated carbocycles. The second kappa shape index (κ2) is 15.1. The second-order valence-corrected chi connectivity index (χ2v) is 14.5. The highest BCUT2D eigenvalue weighted by atomic mass is 19.1. The smallest absolute Gasteiger partial charge is 0.234 e. The van der Waals surface area contributed by atoms with Gasteiger partial charge in [0.2, 0.25) is 11.8 Å². The Labute approximate surface area is 307 Å². The number of hydrogen-bond donors (Lipinski definition) is 2. The van der Waals surface area contributed by atoms with E-state index in [1.165, 1.54) is 24.6 Å². The molecule has 274 valence electrons. The van der Waals surface area contributed by atoms with Gasteiger partial charge in [0.1, 0.15) is 17.8 Å². The predicted octanol–water partition coefficient (Wildman–Crippen LogP) is 8.69. The van der Waals surface area contributed by atoms with E-state index in [1.807, 2.05) is 25.1 Å². The van der Waals surface area contributed by atoms with E-state index in [0.717, 1.165) is 53.4 Å². The van der Waals surface area contributed by atoms with E-state index in [2.05, 4.69) is 44.8 Å². The van der Waals surface area contributed by atoms with Gasteiger partial charge >= 0.3 is 0 Å². The van der Waals surface area contributed by atoms with Gasteiger partial charge in [-0.1, -0.05) is 36.4 Å². The summed E-state index contributed by atoms with van der Waals surface area (Å²) < 4.78 is 44.5. The number of alkyl halides is 1. The van der Waals surface area contributed by atoms with Gasteiger partial charge in [-0.15, -0.1) is 5.10 Å². The Balaban J connectivity index is 1.05. The van der Waals surface area contributed by atoms with Crippen LogP contribution in [0.2, 0.25) is 0 Å². The van der Waals surface area contributed by atoms with Crippen molar-refractivity contribution in [3.05, 3.63) is 118 Å². The summed E-state index contributed by atoms with van der Waals surface area (Å²) in [5.74, 6) is -0.803. The van der Waals surface area contributed by atoms with E-state index >= 15 is 8.78 Å². The fourth-order valence-electron chi connectivity index (χ4n) is 7.81. The highest BCUT2D eigenvalue weighted by molar-refractivity contribution is 6.01. The van der Waals surface area contributed by atoms with Gasteiger partial charge in [0.25, 0.3) is 0 Å². The number of halogens is 3. The number of carbonyl (C=O) groups is 2. The molecule has 3 aromatic carbocycles. The van der Waals surface area contributed by atoms with Crippen molar-refractivity contribution in [2.75, 3.05) is 18.4 Å². The number of nitrogens with zero attached hydrogens (tertiary/aromatic N) is 4. The van der Waals surface area contributed by atoms with Crippen LogP contribution in [0.5, 0.6) is 0 Å². The molecule has 8 nitrogen and oxygen atoms in total. The zero-order valence-corrected chi connectivity index (χ0v) is 30.3. The Bertz CT molecular complexity index is 2200. The highest BCUT2D eigenvalue weighted by Crippen LogP contribution is 2.35. The second-order valence-electron chi connectivity index (χ2n) is 14.5. The summed E-state index contributed by atoms with van der Waals surface area (Å²) in [5.41, 5.74) is 6.35. The van der Waals surface area contributed by atoms with Crippen molar-refractivity contribution in [2.45, 2.75) is 84.0 Å². The molecule has 2 fully saturated rings. The fraction of sp³-hybridized carbons (Fsp3) is 0.357. The minimum atomic E-state index is -1.44. The van der Waals surface area contributed by atoms with Crippen LogP contribution in [0, 0.1) is 25.5 Å². The SMILES string of the molecule is Cc1cc(C2CCC(=O)NC2=O)ccc1C1CCN(Cc2cc(-c3cc4c(NC(C)c5cccc(C(C)F)c5F)nnc(C)c4cn3)ccc2F)CC1. The molecule has 2 amide bonds. The molecular weight excluding hydrogens is 677 g/mol. The molecule has 3 atom stereocenters. The van der Waals surface area contributed by atoms with Gasteiger partial charge in [-0.25, -0.2) is 13.2 Å². The predicted molar refractivity (Wildman–Crippen MR) is 199 cm³/mol. The van der Waals surface area contributed by atoms with Crippen LogP contribution in [0.4, 0.5) is 19.0 Å². The summed E-state index contributed by atoms with van der Waals surface area (Å²) >= 11 is 0. The van der Waals surface area contributed by atoms with Crippen molar-refractivity contribution in [2.24, 2.45) is 0 Å². The lowest BCUT2D eigenvalue weighted by molar-refractivity contribution is -0.134. The Morgan fingerprint density at radius 1 is 0.925 bits per heavy atom. The number of nitrogens with one attached hydrogen (secondary N) is 2. The van der Waals surface area contributed by atoms with Crippen LogP contribution >= 0.6 is 0 Å². The standard InChI is InChI=1S/C42H43F3N6O2/c1-23-18-28(34-11-13-39(52)48-42(34)53)8-10-31(23)27-14-16-51(17-15-27)22-30-19-29(9-12-37(30)44)38-20-35-36(21-46-38)26(4)49-50-41(35)47-25(3)33-7-5-6-32(24(2)43)40(33)45/h5-10,12,18-21,24-25,27,34H,11,13-17,22H2,1-4H3,(H,47,50)(H,48,52,53). The van der Waals surface area contributed by atoms with Crippen molar-refractivity contribution in [3.63, 3.8) is 0 Å². The number of pyridine rings is 1. The number of aromatic nitrogens is 3. The minimum absolute atomic E-state index is 0.00684. The van der Waals surface area contributed by atoms with Gasteiger partial charge in [0, 0.05) is 52.2 Å². The highest BCUT2D eigenvalue weighted by Gasteiger charge is 2.29. The molecule has 2 aliphatic rings. The van der Waals surface area contributed by atoms with E-state index in [0.29, 0.717) is 53.6 Å². The monoisotopic (exact) mass is 720 g/mol. The maximum Gasteiger partial charge on any atom is 0.234 e. The molecule has 0 radical (unpaired) electrons. The third kappa shape index (κ3) is 7.53. The molecule has 0 spiro atoms. The van der Waals surface area contributed by atoms with E-state index in [-0.39, 0.29) is 29.1 Å². The van der Waals surface area contributed by atoms with Crippen molar-refractivity contribution < 1.29 is 22.8 Å². The zero-order chi connectivity index (χ0) is 37.4. The lowest BCUT2D eigenvalue weighted by Gasteiger charge is -2.33. The van der Waals surface area contributed by atoms with Gasteiger partial charge < -0.3 is 5.32 Å². The van der Waals surface area contributed by atoms with E-state index < -0.39 is 18.0 Å². The van der Waals surface area contributed by atoms with Gasteiger partial charge in [-0.05, 0) is 107 Å². The van der Waals surface area contributed by atoms with Crippen LogP contribution in [0.3, 0.4) is 0 Å². The van der Waals surface area contributed by atoms with Crippen LogP contribution < -0.4 is 10.6 Å². The molecule has 5 aromatic rings. The first kappa shape index (κ1) is 36.2. The van der Waals surface area contributed by atoms with Crippen molar-refractivity contribution in [1.29, 1.82) is 0 Å². The molecular formula is C42H43F3N6O2. The third-order valence-corrected chi connectivity index (χ3v) is 10.9. The lowest BCUT2D eigenvalue weighted by Crippen LogP contribution is -2.39. The number of carbonyl (C=O) groups excluding carboxylic acids is 2. The summed E-state index contributed by atoms with van der Waals surface area (Å²) in [6, 6.07) is 17.4. The molecule has 2 N–H and O–H groups in total. The van der Waals surface area contributed by atoms with Crippen LogP contribution in [-0.4, -0.2) is 45.0 Å². The average Bonchev–Trinajstić information content (AvgIpc) is 3.14. The number of likely N-dealkylation sites (tertiary alicyclic amines) is 1. The Morgan fingerprint density at radius 2 is 1.70 bits per heavy atom. The number of hydrogen-bond acceptors (Lipinski definition) is 7. The van der Waals surface area contributed by atoms with E-state index in [4.69, 9.17) is 4.98 Å². The maximum absolute atomic E-state index is 15.3. The largest absolute Gasteiger partial charge is 0.361 e. The van der Waals surface area contributed by atoms with Gasteiger partial charge in [0.15, 0.2) is 5.82 Å². The number of fused-ring (bicyclic) bond motifs is 1. The quantitative estimate of drug-likeness (QED) is 0.147. The number of rotatable bonds is 9. The number of piperidine rings is 2. The van der Waals surface area contributed by atoms with Crippen molar-refractivity contribution in [3.8, 4) is 11.3 Å². The number of anilines is 1. The van der Waals surface area contributed by atoms with E-state index in [9.17, 15) is 14.0 Å². The summed E-state index contributed by atoms with van der Waals surface area (Å²) in [6.45, 7) is 9.12. The maximum atomic E-state index is 15.3. The summed E-state index contributed by atoms with van der Waals surface area (Å²) in [7, 11) is 0. The Kier molecular flexibility index (Phi) is 10.3. The summed E-state index contributed by atoms with van der Waals surface area (Å²) in [5, 5.41) is 15.9. The molecule has 7 rings (SSSR count). The zero-order valence-electron chi connectivity index (χ0n) is 30.3. The molecule has 0 bridgehead atoms. The Morgan fingerprint density at radius 3 is 2.43 bits per heavy atom. The van der Waals surface area contributed by atoms with Gasteiger partial charge in [-0.3, -0.25) is 24.8 Å². The number of amides is 2. The fourth-order valence-corrected chi connectivity index (χ4v) is 7.81. The number of benzene rings is 3. The van der Waals surface area contributed by atoms with Crippen molar-refractivity contribution >= 4 is 28.4 Å². The molecule has 0 aliphatic carbocycles. The molecule has 2 aliphatic heterocycles. The number of aryl methyl sites for hydroxylation is 2. The van der Waals surface area contributed by atoms with Gasteiger partial charge in [0.05, 0.1) is 23.3 Å².